The molecule has 0 unspecified atom stereocenters. The average molecular weight is 337 g/mol. The lowest BCUT2D eigenvalue weighted by Crippen LogP contribution is -2.14. The number of carbonyl (C=O) groups excluding carboxylic acids is 2. The number of carbonyl (C=O) groups is 2. The highest BCUT2D eigenvalue weighted by Gasteiger charge is 2.19. The number of hydrogen-bond acceptors (Lipinski definition) is 4. The van der Waals surface area contributed by atoms with E-state index in [2.05, 4.69) is 0 Å². The standard InChI is InChI=1S/C16H13ClO4S/c1-10-9-12(5-8-14(10)17)16(19)15(18)11-3-6-13(7-4-11)22(2,20)21/h3-9H,1-2H3. The van der Waals surface area contributed by atoms with E-state index in [1.165, 1.54) is 30.3 Å². The van der Waals surface area contributed by atoms with Crippen molar-refractivity contribution in [3.05, 3.63) is 64.2 Å². The summed E-state index contributed by atoms with van der Waals surface area (Å²) in [6.45, 7) is 1.74. The zero-order valence-electron chi connectivity index (χ0n) is 12.0. The fourth-order valence-electron chi connectivity index (χ4n) is 1.90. The summed E-state index contributed by atoms with van der Waals surface area (Å²) in [6, 6.07) is 9.88. The molecule has 22 heavy (non-hydrogen) atoms. The van der Waals surface area contributed by atoms with Gasteiger partial charge in [0.15, 0.2) is 9.84 Å². The Hall–Kier alpha value is -1.98. The normalized spacial score (nSPS) is 11.2. The minimum atomic E-state index is -3.34. The monoisotopic (exact) mass is 336 g/mol. The highest BCUT2D eigenvalue weighted by molar-refractivity contribution is 7.90. The number of benzene rings is 2. The first-order chi connectivity index (χ1) is 10.2. The molecule has 0 saturated carbocycles. The van der Waals surface area contributed by atoms with Gasteiger partial charge in [0, 0.05) is 22.4 Å². The molecule has 114 valence electrons. The second kappa shape index (κ2) is 6.02. The van der Waals surface area contributed by atoms with Crippen molar-refractivity contribution in [2.24, 2.45) is 0 Å². The van der Waals surface area contributed by atoms with Crippen LogP contribution in [-0.4, -0.2) is 26.2 Å². The van der Waals surface area contributed by atoms with Crippen LogP contribution in [0.3, 0.4) is 0 Å². The van der Waals surface area contributed by atoms with Gasteiger partial charge in [0.1, 0.15) is 0 Å². The van der Waals surface area contributed by atoms with Crippen molar-refractivity contribution in [1.29, 1.82) is 0 Å². The van der Waals surface area contributed by atoms with Crippen molar-refractivity contribution in [1.82, 2.24) is 0 Å². The summed E-state index contributed by atoms with van der Waals surface area (Å²) in [5.41, 5.74) is 1.09. The summed E-state index contributed by atoms with van der Waals surface area (Å²) in [6.07, 6.45) is 1.07. The molecule has 0 aliphatic heterocycles. The van der Waals surface area contributed by atoms with Crippen LogP contribution in [0.5, 0.6) is 0 Å². The van der Waals surface area contributed by atoms with Crippen molar-refractivity contribution in [3.63, 3.8) is 0 Å². The van der Waals surface area contributed by atoms with E-state index in [1.807, 2.05) is 0 Å². The number of rotatable bonds is 4. The van der Waals surface area contributed by atoms with E-state index in [4.69, 9.17) is 11.6 Å². The van der Waals surface area contributed by atoms with Crippen molar-refractivity contribution in [2.75, 3.05) is 6.26 Å². The van der Waals surface area contributed by atoms with Crippen molar-refractivity contribution in [2.45, 2.75) is 11.8 Å². The molecule has 4 nitrogen and oxygen atoms in total. The Balaban J connectivity index is 2.31. The van der Waals surface area contributed by atoms with E-state index in [-0.39, 0.29) is 16.0 Å². The quantitative estimate of drug-likeness (QED) is 0.635. The maximum absolute atomic E-state index is 12.2. The van der Waals surface area contributed by atoms with Crippen molar-refractivity contribution >= 4 is 33.0 Å². The van der Waals surface area contributed by atoms with Gasteiger partial charge in [0.2, 0.25) is 11.6 Å². The molecule has 0 spiro atoms. The Morgan fingerprint density at radius 3 is 1.91 bits per heavy atom. The van der Waals surface area contributed by atoms with E-state index < -0.39 is 21.4 Å². The van der Waals surface area contributed by atoms with Gasteiger partial charge in [0.25, 0.3) is 0 Å². The Bertz CT molecular complexity index is 852. The fraction of sp³-hybridized carbons (Fsp3) is 0.125. The molecular weight excluding hydrogens is 324 g/mol. The minimum Gasteiger partial charge on any atom is -0.285 e. The first-order valence-corrected chi connectivity index (χ1v) is 8.62. The second-order valence-corrected chi connectivity index (χ2v) is 7.34. The van der Waals surface area contributed by atoms with Crippen LogP contribution >= 0.6 is 11.6 Å². The Labute approximate surface area is 133 Å². The zero-order chi connectivity index (χ0) is 16.5. The lowest BCUT2D eigenvalue weighted by Gasteiger charge is -2.04. The van der Waals surface area contributed by atoms with Crippen molar-refractivity contribution < 1.29 is 18.0 Å². The van der Waals surface area contributed by atoms with Gasteiger partial charge in [0.05, 0.1) is 4.90 Å². The van der Waals surface area contributed by atoms with E-state index in [0.717, 1.165) is 6.26 Å². The summed E-state index contributed by atoms with van der Waals surface area (Å²) in [5, 5.41) is 0.515. The SMILES string of the molecule is Cc1cc(C(=O)C(=O)c2ccc(S(C)(=O)=O)cc2)ccc1Cl. The molecule has 2 rings (SSSR count). The molecule has 2 aromatic rings. The molecule has 0 radical (unpaired) electrons. The molecule has 0 fully saturated rings. The third-order valence-corrected chi connectivity index (χ3v) is 4.72. The van der Waals surface area contributed by atoms with Gasteiger partial charge in [-0.15, -0.1) is 0 Å². The lowest BCUT2D eigenvalue weighted by atomic mass is 10.0. The third-order valence-electron chi connectivity index (χ3n) is 3.17. The molecule has 0 aliphatic rings. The number of halogens is 1. The van der Waals surface area contributed by atoms with Gasteiger partial charge < -0.3 is 0 Å². The van der Waals surface area contributed by atoms with Crippen LogP contribution in [0.25, 0.3) is 0 Å². The van der Waals surface area contributed by atoms with Crippen LogP contribution < -0.4 is 0 Å². The summed E-state index contributed by atoms with van der Waals surface area (Å²) in [5.74, 6) is -1.35. The predicted molar refractivity (Wildman–Crippen MR) is 84.4 cm³/mol. The largest absolute Gasteiger partial charge is 0.285 e. The summed E-state index contributed by atoms with van der Waals surface area (Å²) in [7, 11) is -3.34. The van der Waals surface area contributed by atoms with Crippen LogP contribution in [0, 0.1) is 6.92 Å². The molecule has 6 heteroatoms. The van der Waals surface area contributed by atoms with Gasteiger partial charge in [-0.2, -0.15) is 0 Å². The number of aryl methyl sites for hydroxylation is 1. The van der Waals surface area contributed by atoms with E-state index in [0.29, 0.717) is 10.6 Å². The number of hydrogen-bond donors (Lipinski definition) is 0. The van der Waals surface area contributed by atoms with Crippen molar-refractivity contribution in [3.8, 4) is 0 Å². The lowest BCUT2D eigenvalue weighted by molar-refractivity contribution is 0.0817. The zero-order valence-corrected chi connectivity index (χ0v) is 13.5. The third kappa shape index (κ3) is 3.43. The summed E-state index contributed by atoms with van der Waals surface area (Å²) < 4.78 is 22.7. The number of ketones is 2. The van der Waals surface area contributed by atoms with Gasteiger partial charge in [-0.25, -0.2) is 8.42 Å². The Kier molecular flexibility index (Phi) is 4.49. The molecule has 0 heterocycles. The molecule has 0 N–H and O–H groups in total. The predicted octanol–water partition coefficient (Wildman–Crippen LogP) is 3.12. The molecule has 0 bridgehead atoms. The summed E-state index contributed by atoms with van der Waals surface area (Å²) >= 11 is 5.89. The van der Waals surface area contributed by atoms with Gasteiger partial charge in [-0.3, -0.25) is 9.59 Å². The van der Waals surface area contributed by atoms with Gasteiger partial charge in [-0.1, -0.05) is 11.6 Å². The minimum absolute atomic E-state index is 0.0961. The van der Waals surface area contributed by atoms with Crippen LogP contribution in [0.1, 0.15) is 26.3 Å². The highest BCUT2D eigenvalue weighted by atomic mass is 35.5. The average Bonchev–Trinajstić information content (AvgIpc) is 2.48. The topological polar surface area (TPSA) is 68.3 Å². The molecule has 0 aliphatic carbocycles. The highest BCUT2D eigenvalue weighted by Crippen LogP contribution is 2.18. The smallest absolute Gasteiger partial charge is 0.233 e. The maximum Gasteiger partial charge on any atom is 0.233 e. The van der Waals surface area contributed by atoms with Crippen LogP contribution in [0.2, 0.25) is 5.02 Å². The first kappa shape index (κ1) is 16.4. The van der Waals surface area contributed by atoms with Crippen LogP contribution in [0.15, 0.2) is 47.4 Å². The van der Waals surface area contributed by atoms with E-state index in [1.54, 1.807) is 19.1 Å². The summed E-state index contributed by atoms with van der Waals surface area (Å²) in [4.78, 5) is 24.4. The molecule has 0 atom stereocenters. The molecule has 0 aromatic heterocycles. The molecule has 0 saturated heterocycles. The van der Waals surface area contributed by atoms with Crippen LogP contribution in [0.4, 0.5) is 0 Å². The number of sulfone groups is 1. The van der Waals surface area contributed by atoms with Gasteiger partial charge in [-0.05, 0) is 55.0 Å². The van der Waals surface area contributed by atoms with E-state index >= 15 is 0 Å². The Morgan fingerprint density at radius 2 is 1.41 bits per heavy atom. The first-order valence-electron chi connectivity index (χ1n) is 6.35. The maximum atomic E-state index is 12.2. The molecule has 2 aromatic carbocycles. The Morgan fingerprint density at radius 1 is 0.909 bits per heavy atom. The van der Waals surface area contributed by atoms with Crippen LogP contribution in [-0.2, 0) is 9.84 Å². The number of Topliss-reactive ketones (excluding diaryl/α,β-unsaturated/α-hetero) is 2. The van der Waals surface area contributed by atoms with Gasteiger partial charge >= 0.3 is 0 Å². The molecule has 0 amide bonds. The fourth-order valence-corrected chi connectivity index (χ4v) is 2.65. The second-order valence-electron chi connectivity index (χ2n) is 4.92. The van der Waals surface area contributed by atoms with E-state index in [9.17, 15) is 18.0 Å². The molecular formula is C16H13ClO4S.